The number of Topliss-reactive ketones (excluding diaryl/α,β-unsaturated/α-hetero) is 1. The zero-order valence-corrected chi connectivity index (χ0v) is 15.3. The summed E-state index contributed by atoms with van der Waals surface area (Å²) in [7, 11) is 0. The Kier molecular flexibility index (Phi) is 4.65. The summed E-state index contributed by atoms with van der Waals surface area (Å²) in [6, 6.07) is 0. The van der Waals surface area contributed by atoms with Gasteiger partial charge in [0.2, 0.25) is 5.91 Å². The lowest BCUT2D eigenvalue weighted by molar-refractivity contribution is -0.210. The first-order chi connectivity index (χ1) is 12.0. The van der Waals surface area contributed by atoms with Crippen LogP contribution in [0.4, 0.5) is 0 Å². The zero-order chi connectivity index (χ0) is 17.6. The van der Waals surface area contributed by atoms with E-state index in [1.807, 2.05) is 11.8 Å². The predicted molar refractivity (Wildman–Crippen MR) is 92.8 cm³/mol. The van der Waals surface area contributed by atoms with Gasteiger partial charge in [-0.3, -0.25) is 9.59 Å². The highest BCUT2D eigenvalue weighted by Crippen LogP contribution is 2.51. The summed E-state index contributed by atoms with van der Waals surface area (Å²) in [5.74, 6) is 0.976. The van der Waals surface area contributed by atoms with Crippen molar-refractivity contribution in [1.29, 1.82) is 0 Å². The van der Waals surface area contributed by atoms with Crippen molar-refractivity contribution < 1.29 is 19.4 Å². The third kappa shape index (κ3) is 2.84. The molecule has 1 spiro atoms. The van der Waals surface area contributed by atoms with Crippen LogP contribution in [-0.4, -0.2) is 53.6 Å². The van der Waals surface area contributed by atoms with Gasteiger partial charge in [0.1, 0.15) is 5.78 Å². The third-order valence-electron chi connectivity index (χ3n) is 7.51. The molecule has 4 fully saturated rings. The topological polar surface area (TPSA) is 66.8 Å². The molecule has 0 aromatic carbocycles. The minimum absolute atomic E-state index is 0.0380. The van der Waals surface area contributed by atoms with Crippen LogP contribution in [0.25, 0.3) is 0 Å². The van der Waals surface area contributed by atoms with Gasteiger partial charge in [-0.05, 0) is 45.4 Å². The monoisotopic (exact) mass is 349 g/mol. The highest BCUT2D eigenvalue weighted by Gasteiger charge is 2.56. The number of fused-ring (bicyclic) bond motifs is 2. The van der Waals surface area contributed by atoms with Gasteiger partial charge in [-0.15, -0.1) is 0 Å². The SMILES string of the molecule is CCO[C@@H]1C[C@@H](O)C12CCN(C(=O)C1C[C@H]3CCC[C@@H](C1)C3=O)CC2. The molecule has 1 unspecified atom stereocenters. The average molecular weight is 349 g/mol. The molecule has 25 heavy (non-hydrogen) atoms. The van der Waals surface area contributed by atoms with Crippen LogP contribution in [0.15, 0.2) is 0 Å². The molecule has 4 aliphatic rings. The van der Waals surface area contributed by atoms with Crippen molar-refractivity contribution in [3.63, 3.8) is 0 Å². The Morgan fingerprint density at radius 2 is 1.84 bits per heavy atom. The lowest BCUT2D eigenvalue weighted by Crippen LogP contribution is -2.63. The molecule has 2 bridgehead atoms. The quantitative estimate of drug-likeness (QED) is 0.848. The maximum atomic E-state index is 13.0. The molecule has 5 atom stereocenters. The fraction of sp³-hybridized carbons (Fsp3) is 0.900. The van der Waals surface area contributed by atoms with E-state index in [0.717, 1.165) is 64.5 Å². The Balaban J connectivity index is 1.36. The van der Waals surface area contributed by atoms with Crippen molar-refractivity contribution in [2.75, 3.05) is 19.7 Å². The van der Waals surface area contributed by atoms with Crippen LogP contribution in [0.1, 0.15) is 58.3 Å². The first kappa shape index (κ1) is 17.5. The molecule has 0 radical (unpaired) electrons. The van der Waals surface area contributed by atoms with Crippen molar-refractivity contribution in [1.82, 2.24) is 4.90 Å². The minimum Gasteiger partial charge on any atom is -0.392 e. The number of aliphatic hydroxyl groups excluding tert-OH is 1. The van der Waals surface area contributed by atoms with Gasteiger partial charge in [-0.1, -0.05) is 6.42 Å². The molecule has 3 aliphatic carbocycles. The van der Waals surface area contributed by atoms with Gasteiger partial charge < -0.3 is 14.7 Å². The maximum Gasteiger partial charge on any atom is 0.225 e. The number of ether oxygens (including phenoxy) is 1. The summed E-state index contributed by atoms with van der Waals surface area (Å²) in [6.07, 6.45) is 6.89. The van der Waals surface area contributed by atoms with Crippen LogP contribution >= 0.6 is 0 Å². The fourth-order valence-electron chi connectivity index (χ4n) is 5.90. The lowest BCUT2D eigenvalue weighted by atomic mass is 9.58. The van der Waals surface area contributed by atoms with Gasteiger partial charge in [0, 0.05) is 49.3 Å². The molecule has 1 heterocycles. The summed E-state index contributed by atoms with van der Waals surface area (Å²) < 4.78 is 5.81. The Morgan fingerprint density at radius 3 is 2.40 bits per heavy atom. The number of amides is 1. The molecule has 4 rings (SSSR count). The fourth-order valence-corrected chi connectivity index (χ4v) is 5.90. The van der Waals surface area contributed by atoms with Crippen LogP contribution in [-0.2, 0) is 14.3 Å². The van der Waals surface area contributed by atoms with E-state index in [-0.39, 0.29) is 41.3 Å². The number of carbonyl (C=O) groups is 2. The zero-order valence-electron chi connectivity index (χ0n) is 15.3. The first-order valence-corrected chi connectivity index (χ1v) is 10.2. The van der Waals surface area contributed by atoms with Crippen molar-refractivity contribution >= 4 is 11.7 Å². The second kappa shape index (κ2) is 6.66. The number of hydrogen-bond donors (Lipinski definition) is 1. The Bertz CT molecular complexity index is 522. The summed E-state index contributed by atoms with van der Waals surface area (Å²) in [4.78, 5) is 27.3. The van der Waals surface area contributed by atoms with E-state index in [2.05, 4.69) is 0 Å². The molecule has 5 nitrogen and oxygen atoms in total. The Labute approximate surface area is 150 Å². The second-order valence-electron chi connectivity index (χ2n) is 8.65. The van der Waals surface area contributed by atoms with E-state index in [0.29, 0.717) is 12.4 Å². The van der Waals surface area contributed by atoms with Crippen LogP contribution < -0.4 is 0 Å². The highest BCUT2D eigenvalue weighted by molar-refractivity contribution is 5.88. The van der Waals surface area contributed by atoms with E-state index in [1.54, 1.807) is 0 Å². The van der Waals surface area contributed by atoms with E-state index >= 15 is 0 Å². The van der Waals surface area contributed by atoms with E-state index in [9.17, 15) is 14.7 Å². The molecule has 140 valence electrons. The second-order valence-corrected chi connectivity index (χ2v) is 8.65. The molecule has 1 amide bonds. The number of hydrogen-bond acceptors (Lipinski definition) is 4. The van der Waals surface area contributed by atoms with Gasteiger partial charge in [0.25, 0.3) is 0 Å². The third-order valence-corrected chi connectivity index (χ3v) is 7.51. The van der Waals surface area contributed by atoms with Crippen molar-refractivity contribution in [3.05, 3.63) is 0 Å². The number of rotatable bonds is 3. The summed E-state index contributed by atoms with van der Waals surface area (Å²) in [5.41, 5.74) is -0.133. The molecule has 3 saturated carbocycles. The minimum atomic E-state index is -0.284. The molecule has 5 heteroatoms. The number of likely N-dealkylation sites (tertiary alicyclic amines) is 1. The predicted octanol–water partition coefficient (Wildman–Crippen LogP) is 2.16. The van der Waals surface area contributed by atoms with Gasteiger partial charge in [-0.25, -0.2) is 0 Å². The summed E-state index contributed by atoms with van der Waals surface area (Å²) in [5, 5.41) is 10.3. The largest absolute Gasteiger partial charge is 0.392 e. The molecule has 1 N–H and O–H groups in total. The molecular formula is C20H31NO4. The summed E-state index contributed by atoms with van der Waals surface area (Å²) in [6.45, 7) is 4.12. The van der Waals surface area contributed by atoms with Gasteiger partial charge in [-0.2, -0.15) is 0 Å². The Hall–Kier alpha value is -0.940. The lowest BCUT2D eigenvalue weighted by Gasteiger charge is -2.56. The average Bonchev–Trinajstić information content (AvgIpc) is 2.61. The number of carbonyl (C=O) groups excluding carboxylic acids is 2. The smallest absolute Gasteiger partial charge is 0.225 e. The Morgan fingerprint density at radius 1 is 1.20 bits per heavy atom. The standard InChI is InChI=1S/C20H31NO4/c1-2-25-17-12-16(22)20(17)6-8-21(9-7-20)19(24)15-10-13-4-3-5-14(11-15)18(13)23/h13-17,22H,2-12H2,1H3/t13-,14+,15?,16-,17-/m1/s1. The van der Waals surface area contributed by atoms with Crippen LogP contribution in [0.2, 0.25) is 0 Å². The van der Waals surface area contributed by atoms with Gasteiger partial charge in [0.15, 0.2) is 0 Å². The van der Waals surface area contributed by atoms with Gasteiger partial charge in [0.05, 0.1) is 12.2 Å². The number of ketones is 1. The van der Waals surface area contributed by atoms with Crippen molar-refractivity contribution in [2.45, 2.75) is 70.5 Å². The molecule has 1 saturated heterocycles. The molecular weight excluding hydrogens is 318 g/mol. The van der Waals surface area contributed by atoms with E-state index in [4.69, 9.17) is 4.74 Å². The maximum absolute atomic E-state index is 13.0. The van der Waals surface area contributed by atoms with Crippen molar-refractivity contribution in [2.24, 2.45) is 23.2 Å². The van der Waals surface area contributed by atoms with E-state index in [1.165, 1.54) is 0 Å². The van der Waals surface area contributed by atoms with Crippen LogP contribution in [0.5, 0.6) is 0 Å². The molecule has 0 aromatic heterocycles. The van der Waals surface area contributed by atoms with Crippen molar-refractivity contribution in [3.8, 4) is 0 Å². The van der Waals surface area contributed by atoms with Gasteiger partial charge >= 0.3 is 0 Å². The van der Waals surface area contributed by atoms with E-state index < -0.39 is 0 Å². The van der Waals surface area contributed by atoms with Crippen LogP contribution in [0.3, 0.4) is 0 Å². The normalized spacial score (nSPS) is 40.0. The summed E-state index contributed by atoms with van der Waals surface area (Å²) >= 11 is 0. The number of nitrogens with zero attached hydrogens (tertiary/aromatic N) is 1. The highest BCUT2D eigenvalue weighted by atomic mass is 16.5. The molecule has 1 aliphatic heterocycles. The van der Waals surface area contributed by atoms with Crippen LogP contribution in [0, 0.1) is 23.2 Å². The molecule has 0 aromatic rings. The first-order valence-electron chi connectivity index (χ1n) is 10.2. The number of aliphatic hydroxyl groups is 1. The number of piperidine rings is 1.